The van der Waals surface area contributed by atoms with Crippen LogP contribution in [-0.2, 0) is 0 Å². The molecule has 1 atom stereocenters. The van der Waals surface area contributed by atoms with Gasteiger partial charge in [-0.1, -0.05) is 35.9 Å². The van der Waals surface area contributed by atoms with Gasteiger partial charge >= 0.3 is 0 Å². The molecule has 3 heteroatoms. The van der Waals surface area contributed by atoms with Gasteiger partial charge in [-0.25, -0.2) is 0 Å². The maximum atomic E-state index is 6.29. The topological polar surface area (TPSA) is 12.0 Å². The minimum Gasteiger partial charge on any atom is -0.376 e. The van der Waals surface area contributed by atoms with Crippen LogP contribution in [0.25, 0.3) is 10.1 Å². The van der Waals surface area contributed by atoms with Gasteiger partial charge in [0.1, 0.15) is 0 Å². The van der Waals surface area contributed by atoms with E-state index in [-0.39, 0.29) is 6.04 Å². The van der Waals surface area contributed by atoms with E-state index >= 15 is 0 Å². The molecule has 0 aliphatic carbocycles. The molecule has 0 amide bonds. The summed E-state index contributed by atoms with van der Waals surface area (Å²) in [7, 11) is 0. The summed E-state index contributed by atoms with van der Waals surface area (Å²) >= 11 is 8.14. The van der Waals surface area contributed by atoms with Crippen molar-refractivity contribution in [2.45, 2.75) is 26.8 Å². The molecule has 1 unspecified atom stereocenters. The summed E-state index contributed by atoms with van der Waals surface area (Å²) in [5.74, 6) is 0. The largest absolute Gasteiger partial charge is 0.376 e. The fourth-order valence-electron chi connectivity index (χ4n) is 2.65. The Morgan fingerprint density at radius 1 is 1.10 bits per heavy atom. The van der Waals surface area contributed by atoms with Crippen molar-refractivity contribution in [3.63, 3.8) is 0 Å². The van der Waals surface area contributed by atoms with Crippen molar-refractivity contribution in [1.82, 2.24) is 0 Å². The Labute approximate surface area is 134 Å². The standard InChI is InChI=1S/C18H18ClNS/c1-11-8-9-15(19)16(10-11)20-13(3)18-12(2)14-6-4-5-7-17(14)21-18/h4-10,13,20H,1-3H3. The summed E-state index contributed by atoms with van der Waals surface area (Å²) in [6.45, 7) is 6.47. The number of fused-ring (bicyclic) bond motifs is 1. The lowest BCUT2D eigenvalue weighted by molar-refractivity contribution is 0.900. The van der Waals surface area contributed by atoms with Gasteiger partial charge in [0.05, 0.1) is 16.8 Å². The first-order chi connectivity index (χ1) is 10.1. The number of rotatable bonds is 3. The van der Waals surface area contributed by atoms with Gasteiger partial charge in [0.2, 0.25) is 0 Å². The van der Waals surface area contributed by atoms with E-state index in [1.807, 2.05) is 23.5 Å². The lowest BCUT2D eigenvalue weighted by atomic mass is 10.1. The number of hydrogen-bond acceptors (Lipinski definition) is 2. The van der Waals surface area contributed by atoms with E-state index in [1.54, 1.807) is 0 Å². The molecule has 0 aliphatic heterocycles. The average Bonchev–Trinajstić information content (AvgIpc) is 2.81. The van der Waals surface area contributed by atoms with Gasteiger partial charge in [-0.2, -0.15) is 0 Å². The first-order valence-corrected chi connectivity index (χ1v) is 8.26. The second-order valence-electron chi connectivity index (χ2n) is 5.44. The molecule has 0 bridgehead atoms. The fourth-order valence-corrected chi connectivity index (χ4v) is 4.04. The van der Waals surface area contributed by atoms with E-state index in [9.17, 15) is 0 Å². The SMILES string of the molecule is Cc1ccc(Cl)c(NC(C)c2sc3ccccc3c2C)c1. The Morgan fingerprint density at radius 3 is 2.62 bits per heavy atom. The minimum absolute atomic E-state index is 0.238. The molecular formula is C18H18ClNS. The second kappa shape index (κ2) is 5.70. The molecule has 0 fully saturated rings. The van der Waals surface area contributed by atoms with Crippen molar-refractivity contribution in [2.75, 3.05) is 5.32 Å². The number of benzene rings is 2. The van der Waals surface area contributed by atoms with Crippen molar-refractivity contribution in [1.29, 1.82) is 0 Å². The molecule has 1 aromatic heterocycles. The van der Waals surface area contributed by atoms with Gasteiger partial charge in [-0.15, -0.1) is 11.3 Å². The summed E-state index contributed by atoms with van der Waals surface area (Å²) in [4.78, 5) is 1.37. The number of aryl methyl sites for hydroxylation is 2. The van der Waals surface area contributed by atoms with Crippen molar-refractivity contribution in [2.24, 2.45) is 0 Å². The quantitative estimate of drug-likeness (QED) is 0.594. The molecule has 2 aromatic carbocycles. The highest BCUT2D eigenvalue weighted by molar-refractivity contribution is 7.19. The van der Waals surface area contributed by atoms with E-state index in [1.165, 1.54) is 26.1 Å². The monoisotopic (exact) mass is 315 g/mol. The van der Waals surface area contributed by atoms with Crippen molar-refractivity contribution in [3.05, 3.63) is 63.5 Å². The molecule has 0 saturated carbocycles. The Balaban J connectivity index is 1.95. The van der Waals surface area contributed by atoms with Crippen LogP contribution in [-0.4, -0.2) is 0 Å². The van der Waals surface area contributed by atoms with Crippen LogP contribution in [0.2, 0.25) is 5.02 Å². The number of halogens is 1. The number of anilines is 1. The van der Waals surface area contributed by atoms with Crippen LogP contribution in [0.1, 0.15) is 29.0 Å². The molecule has 0 spiro atoms. The van der Waals surface area contributed by atoms with Crippen LogP contribution >= 0.6 is 22.9 Å². The maximum Gasteiger partial charge on any atom is 0.0637 e. The zero-order chi connectivity index (χ0) is 15.0. The lowest BCUT2D eigenvalue weighted by Crippen LogP contribution is -2.06. The van der Waals surface area contributed by atoms with Gasteiger partial charge < -0.3 is 5.32 Å². The van der Waals surface area contributed by atoms with Gasteiger partial charge in [0.25, 0.3) is 0 Å². The van der Waals surface area contributed by atoms with Gasteiger partial charge in [-0.3, -0.25) is 0 Å². The summed E-state index contributed by atoms with van der Waals surface area (Å²) in [6.07, 6.45) is 0. The third-order valence-electron chi connectivity index (χ3n) is 3.77. The number of nitrogens with one attached hydrogen (secondary N) is 1. The highest BCUT2D eigenvalue weighted by Gasteiger charge is 2.15. The first-order valence-electron chi connectivity index (χ1n) is 7.07. The molecular weight excluding hydrogens is 298 g/mol. The van der Waals surface area contributed by atoms with Crippen LogP contribution in [0, 0.1) is 13.8 Å². The molecule has 108 valence electrons. The third-order valence-corrected chi connectivity index (χ3v) is 5.55. The fraction of sp³-hybridized carbons (Fsp3) is 0.222. The Bertz CT molecular complexity index is 791. The Hall–Kier alpha value is -1.51. The average molecular weight is 316 g/mol. The summed E-state index contributed by atoms with van der Waals surface area (Å²) in [5.41, 5.74) is 3.57. The van der Waals surface area contributed by atoms with E-state index < -0.39 is 0 Å². The molecule has 21 heavy (non-hydrogen) atoms. The normalized spacial score (nSPS) is 12.6. The maximum absolute atomic E-state index is 6.29. The van der Waals surface area contributed by atoms with Gasteiger partial charge in [-0.05, 0) is 55.5 Å². The smallest absolute Gasteiger partial charge is 0.0637 e. The molecule has 3 aromatic rings. The zero-order valence-corrected chi connectivity index (χ0v) is 14.0. The predicted octanol–water partition coefficient (Wildman–Crippen LogP) is 6.34. The van der Waals surface area contributed by atoms with Crippen LogP contribution in [0.15, 0.2) is 42.5 Å². The Kier molecular flexibility index (Phi) is 3.92. The highest BCUT2D eigenvalue weighted by Crippen LogP contribution is 2.36. The Morgan fingerprint density at radius 2 is 1.86 bits per heavy atom. The molecule has 0 radical (unpaired) electrons. The molecule has 1 N–H and O–H groups in total. The molecule has 1 heterocycles. The zero-order valence-electron chi connectivity index (χ0n) is 12.4. The van der Waals surface area contributed by atoms with Crippen molar-refractivity contribution in [3.8, 4) is 0 Å². The van der Waals surface area contributed by atoms with Gasteiger partial charge in [0.15, 0.2) is 0 Å². The van der Waals surface area contributed by atoms with E-state index in [0.29, 0.717) is 0 Å². The van der Waals surface area contributed by atoms with Crippen molar-refractivity contribution < 1.29 is 0 Å². The van der Waals surface area contributed by atoms with Crippen LogP contribution < -0.4 is 5.32 Å². The van der Waals surface area contributed by atoms with Crippen molar-refractivity contribution >= 4 is 38.7 Å². The molecule has 3 rings (SSSR count). The summed E-state index contributed by atoms with van der Waals surface area (Å²) < 4.78 is 1.34. The molecule has 0 aliphatic rings. The molecule has 0 saturated heterocycles. The number of thiophene rings is 1. The second-order valence-corrected chi connectivity index (χ2v) is 6.93. The number of hydrogen-bond donors (Lipinski definition) is 1. The van der Waals surface area contributed by atoms with Gasteiger partial charge in [0, 0.05) is 9.58 Å². The van der Waals surface area contributed by atoms with E-state index in [0.717, 1.165) is 10.7 Å². The lowest BCUT2D eigenvalue weighted by Gasteiger charge is -2.16. The van der Waals surface area contributed by atoms with Crippen LogP contribution in [0.5, 0.6) is 0 Å². The third kappa shape index (κ3) is 2.78. The van der Waals surface area contributed by atoms with Crippen LogP contribution in [0.4, 0.5) is 5.69 Å². The predicted molar refractivity (Wildman–Crippen MR) is 94.8 cm³/mol. The minimum atomic E-state index is 0.238. The first kappa shape index (κ1) is 14.4. The van der Waals surface area contributed by atoms with E-state index in [4.69, 9.17) is 11.6 Å². The highest BCUT2D eigenvalue weighted by atomic mass is 35.5. The van der Waals surface area contributed by atoms with E-state index in [2.05, 4.69) is 56.4 Å². The van der Waals surface area contributed by atoms with Crippen LogP contribution in [0.3, 0.4) is 0 Å². The summed E-state index contributed by atoms with van der Waals surface area (Å²) in [6, 6.07) is 14.9. The molecule has 1 nitrogen and oxygen atoms in total. The summed E-state index contributed by atoms with van der Waals surface area (Å²) in [5, 5.41) is 5.67.